The van der Waals surface area contributed by atoms with Crippen LogP contribution >= 0.6 is 0 Å². The molecule has 0 saturated heterocycles. The average molecular weight is 316 g/mol. The molecule has 7 atom stereocenters. The molecule has 23 heavy (non-hydrogen) atoms. The van der Waals surface area contributed by atoms with Crippen LogP contribution in [0.5, 0.6) is 0 Å². The Morgan fingerprint density at radius 3 is 2.87 bits per heavy atom. The van der Waals surface area contributed by atoms with Crippen LogP contribution in [0.4, 0.5) is 0 Å². The second-order valence-electron chi connectivity index (χ2n) is 8.34. The molecule has 2 fully saturated rings. The quantitative estimate of drug-likeness (QED) is 0.752. The molecule has 5 unspecified atom stereocenters. The van der Waals surface area contributed by atoms with E-state index < -0.39 is 0 Å². The normalized spacial score (nSPS) is 48.0. The van der Waals surface area contributed by atoms with Gasteiger partial charge in [-0.3, -0.25) is 4.79 Å². The Balaban J connectivity index is 1.61. The van der Waals surface area contributed by atoms with Crippen molar-refractivity contribution in [1.82, 2.24) is 0 Å². The lowest BCUT2D eigenvalue weighted by Crippen LogP contribution is -2.47. The monoisotopic (exact) mass is 316 g/mol. The van der Waals surface area contributed by atoms with E-state index >= 15 is 0 Å². The summed E-state index contributed by atoms with van der Waals surface area (Å²) in [6.45, 7) is 3.88. The smallest absolute Gasteiger partial charge is 0.302 e. The van der Waals surface area contributed by atoms with E-state index in [1.807, 2.05) is 0 Å². The van der Waals surface area contributed by atoms with Crippen molar-refractivity contribution in [2.24, 2.45) is 29.1 Å². The number of aliphatic hydroxyl groups is 1. The minimum Gasteiger partial charge on any atom is -0.462 e. The topological polar surface area (TPSA) is 46.5 Å². The minimum atomic E-state index is -0.254. The van der Waals surface area contributed by atoms with Gasteiger partial charge < -0.3 is 9.84 Å². The maximum absolute atomic E-state index is 11.5. The van der Waals surface area contributed by atoms with Crippen LogP contribution in [0.25, 0.3) is 0 Å². The van der Waals surface area contributed by atoms with E-state index in [4.69, 9.17) is 4.74 Å². The Labute approximate surface area is 138 Å². The number of carbonyl (C=O) groups excluding carboxylic acids is 1. The largest absolute Gasteiger partial charge is 0.462 e. The molecule has 126 valence electrons. The molecule has 0 heterocycles. The molecule has 0 aromatic heterocycles. The van der Waals surface area contributed by atoms with Crippen molar-refractivity contribution in [1.29, 1.82) is 0 Å². The zero-order valence-electron chi connectivity index (χ0n) is 14.2. The Morgan fingerprint density at radius 1 is 1.26 bits per heavy atom. The number of aliphatic hydroxyl groups excluding tert-OH is 1. The number of carbonyl (C=O) groups is 1. The highest BCUT2D eigenvalue weighted by atomic mass is 16.5. The Bertz CT molecular complexity index is 563. The second-order valence-corrected chi connectivity index (χ2v) is 8.34. The first-order valence-corrected chi connectivity index (χ1v) is 9.24. The van der Waals surface area contributed by atoms with Crippen molar-refractivity contribution < 1.29 is 14.6 Å². The Morgan fingerprint density at radius 2 is 2.09 bits per heavy atom. The number of rotatable bonds is 1. The van der Waals surface area contributed by atoms with Crippen LogP contribution in [0.2, 0.25) is 0 Å². The van der Waals surface area contributed by atoms with Crippen molar-refractivity contribution in [2.75, 3.05) is 0 Å². The van der Waals surface area contributed by atoms with E-state index in [0.29, 0.717) is 23.7 Å². The highest BCUT2D eigenvalue weighted by Crippen LogP contribution is 2.61. The minimum absolute atomic E-state index is 0.101. The van der Waals surface area contributed by atoms with Gasteiger partial charge in [-0.05, 0) is 67.8 Å². The molecule has 1 N–H and O–H groups in total. The number of hydrogen-bond acceptors (Lipinski definition) is 3. The van der Waals surface area contributed by atoms with E-state index in [1.54, 1.807) is 0 Å². The van der Waals surface area contributed by atoms with E-state index in [0.717, 1.165) is 25.7 Å². The molecular weight excluding hydrogens is 288 g/mol. The lowest BCUT2D eigenvalue weighted by Gasteiger charge is -2.51. The molecule has 0 spiro atoms. The third-order valence-electron chi connectivity index (χ3n) is 7.22. The number of fused-ring (bicyclic) bond motifs is 5. The number of ether oxygens (including phenoxy) is 1. The predicted octanol–water partition coefficient (Wildman–Crippen LogP) is 3.63. The highest BCUT2D eigenvalue weighted by molar-refractivity contribution is 5.66. The van der Waals surface area contributed by atoms with E-state index in [-0.39, 0.29) is 23.6 Å². The molecule has 4 aliphatic carbocycles. The van der Waals surface area contributed by atoms with Gasteiger partial charge in [0.25, 0.3) is 0 Å². The van der Waals surface area contributed by atoms with Gasteiger partial charge in [0.1, 0.15) is 6.10 Å². The van der Waals surface area contributed by atoms with Gasteiger partial charge in [-0.2, -0.15) is 0 Å². The molecule has 4 rings (SSSR count). The summed E-state index contributed by atoms with van der Waals surface area (Å²) in [5, 5.41) is 9.90. The fraction of sp³-hybridized carbons (Fsp3) is 0.750. The van der Waals surface area contributed by atoms with Gasteiger partial charge in [0, 0.05) is 12.3 Å². The number of esters is 1. The molecule has 0 aromatic rings. The molecule has 4 aliphatic rings. The van der Waals surface area contributed by atoms with Gasteiger partial charge in [0.05, 0.1) is 6.10 Å². The number of allylic oxidation sites excluding steroid dienone is 3. The third kappa shape index (κ3) is 2.39. The molecule has 3 heteroatoms. The summed E-state index contributed by atoms with van der Waals surface area (Å²) in [6, 6.07) is 0. The molecule has 0 bridgehead atoms. The van der Waals surface area contributed by atoms with Crippen LogP contribution < -0.4 is 0 Å². The molecule has 0 radical (unpaired) electrons. The third-order valence-corrected chi connectivity index (χ3v) is 7.22. The van der Waals surface area contributed by atoms with Crippen molar-refractivity contribution >= 4 is 5.97 Å². The van der Waals surface area contributed by atoms with E-state index in [9.17, 15) is 9.90 Å². The summed E-state index contributed by atoms with van der Waals surface area (Å²) in [5.41, 5.74) is 1.51. The van der Waals surface area contributed by atoms with E-state index in [2.05, 4.69) is 25.2 Å². The van der Waals surface area contributed by atoms with Crippen molar-refractivity contribution in [2.45, 2.75) is 64.6 Å². The first-order chi connectivity index (χ1) is 11.0. The highest BCUT2D eigenvalue weighted by Gasteiger charge is 2.56. The second kappa shape index (κ2) is 5.47. The lowest BCUT2D eigenvalue weighted by atomic mass is 9.54. The summed E-state index contributed by atoms with van der Waals surface area (Å²) < 4.78 is 5.68. The van der Waals surface area contributed by atoms with Gasteiger partial charge in [0.2, 0.25) is 0 Å². The fourth-order valence-corrected chi connectivity index (χ4v) is 6.13. The van der Waals surface area contributed by atoms with Crippen LogP contribution in [0, 0.1) is 29.1 Å². The molecule has 3 nitrogen and oxygen atoms in total. The molecule has 0 aliphatic heterocycles. The Hall–Kier alpha value is -1.09. The summed E-state index contributed by atoms with van der Waals surface area (Å²) >= 11 is 0. The zero-order valence-corrected chi connectivity index (χ0v) is 14.2. The van der Waals surface area contributed by atoms with Crippen molar-refractivity contribution in [3.05, 3.63) is 23.8 Å². The average Bonchev–Trinajstić information content (AvgIpc) is 2.83. The summed E-state index contributed by atoms with van der Waals surface area (Å²) in [6.07, 6.45) is 13.2. The number of hydrogen-bond donors (Lipinski definition) is 1. The molecule has 0 aromatic carbocycles. The van der Waals surface area contributed by atoms with Crippen molar-refractivity contribution in [3.8, 4) is 0 Å². The van der Waals surface area contributed by atoms with Crippen LogP contribution in [-0.2, 0) is 9.53 Å². The summed E-state index contributed by atoms with van der Waals surface area (Å²) in [4.78, 5) is 11.5. The van der Waals surface area contributed by atoms with Gasteiger partial charge in [-0.25, -0.2) is 0 Å². The van der Waals surface area contributed by atoms with Gasteiger partial charge >= 0.3 is 5.97 Å². The Kier molecular flexibility index (Phi) is 3.67. The first kappa shape index (κ1) is 15.4. The molecule has 0 amide bonds. The molecule has 2 saturated carbocycles. The SMILES string of the molecule is CC(=O)O[C@H]1CCC2C3C=CC4=CC(O)CCC4C3CC[C@@]21C. The molecular formula is C20H28O3. The summed E-state index contributed by atoms with van der Waals surface area (Å²) in [7, 11) is 0. The van der Waals surface area contributed by atoms with Crippen LogP contribution in [-0.4, -0.2) is 23.3 Å². The predicted molar refractivity (Wildman–Crippen MR) is 88.6 cm³/mol. The zero-order chi connectivity index (χ0) is 16.2. The van der Waals surface area contributed by atoms with Crippen LogP contribution in [0.1, 0.15) is 52.4 Å². The van der Waals surface area contributed by atoms with Crippen LogP contribution in [0.15, 0.2) is 23.8 Å². The van der Waals surface area contributed by atoms with Crippen LogP contribution in [0.3, 0.4) is 0 Å². The lowest BCUT2D eigenvalue weighted by molar-refractivity contribution is -0.155. The van der Waals surface area contributed by atoms with Gasteiger partial charge in [-0.1, -0.05) is 25.2 Å². The summed E-state index contributed by atoms with van der Waals surface area (Å²) in [5.74, 6) is 2.46. The fourth-order valence-electron chi connectivity index (χ4n) is 6.13. The van der Waals surface area contributed by atoms with Crippen molar-refractivity contribution in [3.63, 3.8) is 0 Å². The van der Waals surface area contributed by atoms with Gasteiger partial charge in [-0.15, -0.1) is 0 Å². The van der Waals surface area contributed by atoms with E-state index in [1.165, 1.54) is 25.3 Å². The maximum atomic E-state index is 11.5. The maximum Gasteiger partial charge on any atom is 0.302 e. The first-order valence-electron chi connectivity index (χ1n) is 9.24. The van der Waals surface area contributed by atoms with Gasteiger partial charge in [0.15, 0.2) is 0 Å². The standard InChI is InChI=1S/C20H28O3/c1-12(21)23-19-8-7-18-17-5-3-13-11-14(22)4-6-15(13)16(17)9-10-20(18,19)2/h3,5,11,14-19,22H,4,6-10H2,1-2H3/t14?,15?,16?,17?,18?,19-,20-/m0/s1.